The number of benzene rings is 1. The van der Waals surface area contributed by atoms with Crippen LogP contribution >= 0.6 is 11.6 Å². The third-order valence-corrected chi connectivity index (χ3v) is 1.25. The Balaban J connectivity index is 2.77. The lowest BCUT2D eigenvalue weighted by Crippen LogP contribution is -2.55. The smallest absolute Gasteiger partial charge is 0.409 e. The Morgan fingerprint density at radius 3 is 2.33 bits per heavy atom. The molecule has 5 heteroatoms. The van der Waals surface area contributed by atoms with E-state index in [1.165, 1.54) is 24.3 Å². The number of carbonyl (C=O) groups is 1. The maximum Gasteiger partial charge on any atom is 0.409 e. The predicted octanol–water partition coefficient (Wildman–Crippen LogP) is 0.903. The maximum absolute atomic E-state index is 10.2. The van der Waals surface area contributed by atoms with E-state index in [2.05, 4.69) is 4.74 Å². The van der Waals surface area contributed by atoms with Crippen LogP contribution in [-0.2, 0) is 0 Å². The van der Waals surface area contributed by atoms with Gasteiger partial charge in [-0.2, -0.15) is 0 Å². The third kappa shape index (κ3) is 2.32. The molecule has 1 aromatic rings. The molecule has 1 aromatic carbocycles. The molecule has 0 heterocycles. The van der Waals surface area contributed by atoms with Crippen molar-refractivity contribution in [2.24, 2.45) is 0 Å². The largest absolute Gasteiger partial charge is 0.414 e. The Kier molecular flexibility index (Phi) is 2.76. The van der Waals surface area contributed by atoms with Gasteiger partial charge in [-0.25, -0.2) is 4.79 Å². The zero-order valence-corrected chi connectivity index (χ0v) is 6.67. The van der Waals surface area contributed by atoms with Crippen LogP contribution in [0, 0.1) is 4.91 Å². The number of carbonyl (C=O) groups excluding carboxylic acids is 1. The summed E-state index contributed by atoms with van der Waals surface area (Å²) in [6, 6.07) is 5.87. The molecule has 4 nitrogen and oxygen atoms in total. The molecule has 0 saturated heterocycles. The number of nitrogens with one attached hydrogen (secondary N) is 1. The van der Waals surface area contributed by atoms with Crippen LogP contribution in [0.1, 0.15) is 0 Å². The average Bonchev–Trinajstić information content (AvgIpc) is 2.05. The van der Waals surface area contributed by atoms with Crippen molar-refractivity contribution in [3.8, 4) is 5.75 Å². The van der Waals surface area contributed by atoms with Gasteiger partial charge in [0.2, 0.25) is 0 Å². The van der Waals surface area contributed by atoms with Gasteiger partial charge in [0.25, 0.3) is 5.69 Å². The van der Waals surface area contributed by atoms with Gasteiger partial charge >= 0.3 is 5.43 Å². The van der Waals surface area contributed by atoms with Crippen molar-refractivity contribution in [2.75, 3.05) is 0 Å². The molecule has 0 fully saturated rings. The second-order valence-electron chi connectivity index (χ2n) is 1.97. The van der Waals surface area contributed by atoms with E-state index in [0.29, 0.717) is 11.4 Å². The molecule has 1 N–H and O–H groups in total. The Morgan fingerprint density at radius 1 is 1.33 bits per heavy atom. The highest BCUT2D eigenvalue weighted by molar-refractivity contribution is 6.61. The van der Waals surface area contributed by atoms with E-state index in [1.807, 2.05) is 0 Å². The number of ether oxygens (including phenoxy) is 1. The number of hydrogen-bond donors (Lipinski definition) is 1. The SMILES string of the molecule is O=[NH+]c1ccc(OC(=O)Cl)cc1. The van der Waals surface area contributed by atoms with Crippen molar-refractivity contribution < 1.29 is 14.7 Å². The van der Waals surface area contributed by atoms with Crippen LogP contribution in [-0.4, -0.2) is 5.43 Å². The summed E-state index contributed by atoms with van der Waals surface area (Å²) in [5, 5.41) is 1.68. The topological polar surface area (TPSA) is 57.3 Å². The quantitative estimate of drug-likeness (QED) is 0.699. The molecule has 0 amide bonds. The standard InChI is InChI=1S/C7H4ClNO3/c8-7(10)12-6-3-1-5(9-11)2-4-6/h1-4H/p+1. The Morgan fingerprint density at radius 2 is 1.92 bits per heavy atom. The molecule has 0 aliphatic carbocycles. The van der Waals surface area contributed by atoms with Gasteiger partial charge in [0.15, 0.2) is 0 Å². The lowest BCUT2D eigenvalue weighted by molar-refractivity contribution is -0.379. The number of hydrogen-bond acceptors (Lipinski definition) is 3. The fourth-order valence-corrected chi connectivity index (χ4v) is 0.773. The zero-order valence-electron chi connectivity index (χ0n) is 5.91. The first-order valence-electron chi connectivity index (χ1n) is 3.08. The fraction of sp³-hybridized carbons (Fsp3) is 0. The summed E-state index contributed by atoms with van der Waals surface area (Å²) >= 11 is 4.95. The summed E-state index contributed by atoms with van der Waals surface area (Å²) in [6.07, 6.45) is 0. The Bertz CT molecular complexity index is 296. The summed E-state index contributed by atoms with van der Waals surface area (Å²) in [7, 11) is 0. The van der Waals surface area contributed by atoms with Gasteiger partial charge in [0, 0.05) is 33.8 Å². The van der Waals surface area contributed by atoms with Crippen molar-refractivity contribution in [1.82, 2.24) is 0 Å². The minimum Gasteiger partial charge on any atom is -0.414 e. The molecule has 12 heavy (non-hydrogen) atoms. The van der Waals surface area contributed by atoms with E-state index in [4.69, 9.17) is 11.6 Å². The molecule has 0 aliphatic rings. The lowest BCUT2D eigenvalue weighted by atomic mass is 10.3. The molecule has 0 radical (unpaired) electrons. The molecule has 0 spiro atoms. The molecule has 0 aliphatic heterocycles. The number of rotatable bonds is 2. The Hall–Kier alpha value is -1.42. The number of nitroso groups, excluding NO2 is 1. The van der Waals surface area contributed by atoms with E-state index >= 15 is 0 Å². The average molecular weight is 187 g/mol. The van der Waals surface area contributed by atoms with Crippen molar-refractivity contribution in [1.29, 1.82) is 0 Å². The highest BCUT2D eigenvalue weighted by Gasteiger charge is 2.01. The predicted molar refractivity (Wildman–Crippen MR) is 42.3 cm³/mol. The normalized spacial score (nSPS) is 9.08. The first kappa shape index (κ1) is 8.67. The second-order valence-corrected chi connectivity index (χ2v) is 2.27. The van der Waals surface area contributed by atoms with Crippen molar-refractivity contribution >= 4 is 22.7 Å². The van der Waals surface area contributed by atoms with Crippen LogP contribution in [0.15, 0.2) is 24.3 Å². The highest BCUT2D eigenvalue weighted by Crippen LogP contribution is 2.13. The molecule has 0 aromatic heterocycles. The first-order chi connectivity index (χ1) is 5.72. The molecule has 0 bridgehead atoms. The van der Waals surface area contributed by atoms with E-state index in [-0.39, 0.29) is 0 Å². The molecule has 0 saturated carbocycles. The van der Waals surface area contributed by atoms with E-state index < -0.39 is 5.43 Å². The van der Waals surface area contributed by atoms with E-state index in [1.54, 1.807) is 5.18 Å². The molecular weight excluding hydrogens is 182 g/mol. The van der Waals surface area contributed by atoms with Crippen LogP contribution in [0.5, 0.6) is 5.75 Å². The van der Waals surface area contributed by atoms with E-state index in [9.17, 15) is 9.70 Å². The summed E-state index contributed by atoms with van der Waals surface area (Å²) in [5.41, 5.74) is -0.512. The van der Waals surface area contributed by atoms with Crippen molar-refractivity contribution in [2.45, 2.75) is 0 Å². The second kappa shape index (κ2) is 3.82. The first-order valence-corrected chi connectivity index (χ1v) is 3.45. The third-order valence-electron chi connectivity index (χ3n) is 1.17. The van der Waals surface area contributed by atoms with Gasteiger partial charge in [0.05, 0.1) is 0 Å². The van der Waals surface area contributed by atoms with Gasteiger partial charge in [0.1, 0.15) is 5.75 Å². The van der Waals surface area contributed by atoms with Crippen LogP contribution in [0.25, 0.3) is 0 Å². The van der Waals surface area contributed by atoms with Crippen LogP contribution in [0.3, 0.4) is 0 Å². The molecule has 0 unspecified atom stereocenters. The van der Waals surface area contributed by atoms with Gasteiger partial charge < -0.3 is 4.74 Å². The minimum atomic E-state index is -0.905. The molecule has 62 valence electrons. The fourth-order valence-electron chi connectivity index (χ4n) is 0.684. The van der Waals surface area contributed by atoms with Crippen molar-refractivity contribution in [3.05, 3.63) is 29.2 Å². The maximum atomic E-state index is 10.2. The van der Waals surface area contributed by atoms with E-state index in [0.717, 1.165) is 0 Å². The number of halogens is 1. The van der Waals surface area contributed by atoms with Gasteiger partial charge in [-0.3, -0.25) is 0 Å². The summed E-state index contributed by atoms with van der Waals surface area (Å²) in [4.78, 5) is 20.3. The molecular formula is C7H5ClNO3+. The minimum absolute atomic E-state index is 0.300. The molecule has 1 rings (SSSR count). The van der Waals surface area contributed by atoms with Crippen LogP contribution in [0.2, 0.25) is 0 Å². The summed E-state index contributed by atoms with van der Waals surface area (Å²) in [6.45, 7) is 0. The van der Waals surface area contributed by atoms with Crippen LogP contribution in [0.4, 0.5) is 10.5 Å². The van der Waals surface area contributed by atoms with Crippen LogP contribution < -0.4 is 9.91 Å². The summed E-state index contributed by atoms with van der Waals surface area (Å²) in [5.74, 6) is 0.300. The zero-order chi connectivity index (χ0) is 8.97. The molecule has 0 atom stereocenters. The monoisotopic (exact) mass is 186 g/mol. The lowest BCUT2D eigenvalue weighted by Gasteiger charge is -1.95. The summed E-state index contributed by atoms with van der Waals surface area (Å²) < 4.78 is 4.51. The van der Waals surface area contributed by atoms with Gasteiger partial charge in [-0.05, 0) is 12.1 Å². The van der Waals surface area contributed by atoms with Gasteiger partial charge in [-0.15, -0.1) is 0 Å². The highest BCUT2D eigenvalue weighted by atomic mass is 35.5. The van der Waals surface area contributed by atoms with Crippen molar-refractivity contribution in [3.63, 3.8) is 0 Å². The van der Waals surface area contributed by atoms with Gasteiger partial charge in [-0.1, -0.05) is 0 Å². The Labute approximate surface area is 73.1 Å².